The van der Waals surface area contributed by atoms with Gasteiger partial charge in [-0.25, -0.2) is 4.79 Å². The van der Waals surface area contributed by atoms with Gasteiger partial charge in [-0.2, -0.15) is 5.26 Å². The highest BCUT2D eigenvalue weighted by Gasteiger charge is 2.12. The molecule has 0 aliphatic heterocycles. The van der Waals surface area contributed by atoms with Crippen LogP contribution in [0.25, 0.3) is 16.8 Å². The Hall–Kier alpha value is -2.80. The molecule has 100 valence electrons. The van der Waals surface area contributed by atoms with Gasteiger partial charge < -0.3 is 9.84 Å². The summed E-state index contributed by atoms with van der Waals surface area (Å²) in [6.45, 7) is 1.86. The van der Waals surface area contributed by atoms with E-state index < -0.39 is 5.97 Å². The Morgan fingerprint density at radius 1 is 1.35 bits per heavy atom. The number of ether oxygens (including phenoxy) is 1. The topological polar surface area (TPSA) is 70.3 Å². The van der Waals surface area contributed by atoms with E-state index in [1.54, 1.807) is 19.1 Å². The Labute approximate surface area is 116 Å². The summed E-state index contributed by atoms with van der Waals surface area (Å²) in [7, 11) is 0. The number of nitrogens with zero attached hydrogens (tertiary/aromatic N) is 1. The number of phenols is 1. The number of nitriles is 1. The van der Waals surface area contributed by atoms with Gasteiger partial charge in [0.15, 0.2) is 0 Å². The van der Waals surface area contributed by atoms with Crippen LogP contribution in [0.15, 0.2) is 42.0 Å². The van der Waals surface area contributed by atoms with E-state index in [4.69, 9.17) is 10.00 Å². The van der Waals surface area contributed by atoms with Crippen LogP contribution in [0.4, 0.5) is 0 Å². The number of carbonyl (C=O) groups is 1. The Balaban J connectivity index is 2.60. The molecule has 0 amide bonds. The molecule has 0 aliphatic rings. The zero-order valence-corrected chi connectivity index (χ0v) is 11.0. The van der Waals surface area contributed by atoms with E-state index in [0.29, 0.717) is 5.56 Å². The van der Waals surface area contributed by atoms with Gasteiger partial charge in [0, 0.05) is 5.56 Å². The molecule has 2 aromatic rings. The average molecular weight is 267 g/mol. The molecule has 0 unspecified atom stereocenters. The number of fused-ring (bicyclic) bond motifs is 1. The second-order valence-corrected chi connectivity index (χ2v) is 4.11. The summed E-state index contributed by atoms with van der Waals surface area (Å²) in [5.41, 5.74) is 0.297. The number of benzene rings is 2. The van der Waals surface area contributed by atoms with Gasteiger partial charge in [0.05, 0.1) is 6.61 Å². The molecule has 0 radical (unpaired) electrons. The first-order chi connectivity index (χ1) is 9.67. The molecule has 0 atom stereocenters. The first-order valence-corrected chi connectivity index (χ1v) is 6.17. The first-order valence-electron chi connectivity index (χ1n) is 6.17. The highest BCUT2D eigenvalue weighted by Crippen LogP contribution is 2.29. The lowest BCUT2D eigenvalue weighted by Crippen LogP contribution is -2.06. The van der Waals surface area contributed by atoms with Crippen molar-refractivity contribution >= 4 is 22.8 Å². The fourth-order valence-corrected chi connectivity index (χ4v) is 1.93. The summed E-state index contributed by atoms with van der Waals surface area (Å²) >= 11 is 0. The minimum absolute atomic E-state index is 0.0146. The maximum atomic E-state index is 11.6. The van der Waals surface area contributed by atoms with Crippen LogP contribution in [0.2, 0.25) is 0 Å². The van der Waals surface area contributed by atoms with E-state index in [9.17, 15) is 9.90 Å². The van der Waals surface area contributed by atoms with Crippen molar-refractivity contribution in [1.82, 2.24) is 0 Å². The Morgan fingerprint density at radius 3 is 2.80 bits per heavy atom. The molecule has 4 nitrogen and oxygen atoms in total. The first kappa shape index (κ1) is 13.6. The highest BCUT2D eigenvalue weighted by atomic mass is 16.5. The van der Waals surface area contributed by atoms with Crippen molar-refractivity contribution < 1.29 is 14.6 Å². The fourth-order valence-electron chi connectivity index (χ4n) is 1.93. The van der Waals surface area contributed by atoms with E-state index in [2.05, 4.69) is 0 Å². The predicted octanol–water partition coefficient (Wildman–Crippen LogP) is 3.02. The number of carbonyl (C=O) groups excluding carboxylic acids is 1. The number of hydrogen-bond acceptors (Lipinski definition) is 4. The van der Waals surface area contributed by atoms with Crippen molar-refractivity contribution in [3.05, 3.63) is 47.5 Å². The van der Waals surface area contributed by atoms with Crippen LogP contribution in [-0.4, -0.2) is 17.7 Å². The third kappa shape index (κ3) is 2.62. The van der Waals surface area contributed by atoms with Crippen LogP contribution in [0, 0.1) is 11.3 Å². The number of esters is 1. The second-order valence-electron chi connectivity index (χ2n) is 4.11. The fraction of sp³-hybridized carbons (Fsp3) is 0.125. The van der Waals surface area contributed by atoms with E-state index in [1.165, 1.54) is 12.1 Å². The molecule has 0 fully saturated rings. The minimum atomic E-state index is -0.692. The van der Waals surface area contributed by atoms with Crippen LogP contribution in [0.5, 0.6) is 5.75 Å². The molecule has 0 spiro atoms. The van der Waals surface area contributed by atoms with E-state index in [-0.39, 0.29) is 17.9 Å². The third-order valence-corrected chi connectivity index (χ3v) is 2.85. The zero-order valence-electron chi connectivity index (χ0n) is 11.0. The Bertz CT molecular complexity index is 726. The highest BCUT2D eigenvalue weighted by molar-refractivity contribution is 6.02. The summed E-state index contributed by atoms with van der Waals surface area (Å²) < 4.78 is 4.81. The van der Waals surface area contributed by atoms with E-state index in [1.807, 2.05) is 24.3 Å². The van der Waals surface area contributed by atoms with Gasteiger partial charge in [0.2, 0.25) is 0 Å². The Kier molecular flexibility index (Phi) is 4.02. The second kappa shape index (κ2) is 5.89. The van der Waals surface area contributed by atoms with Gasteiger partial charge >= 0.3 is 5.97 Å². The molecule has 2 rings (SSSR count). The molecular weight excluding hydrogens is 254 g/mol. The lowest BCUT2D eigenvalue weighted by molar-refractivity contribution is -0.137. The summed E-state index contributed by atoms with van der Waals surface area (Å²) in [5.74, 6) is -0.678. The summed E-state index contributed by atoms with van der Waals surface area (Å²) in [6, 6.07) is 12.5. The lowest BCUT2D eigenvalue weighted by Gasteiger charge is -2.06. The monoisotopic (exact) mass is 267 g/mol. The number of hydrogen-bond donors (Lipinski definition) is 1. The summed E-state index contributed by atoms with van der Waals surface area (Å²) in [4.78, 5) is 11.6. The van der Waals surface area contributed by atoms with Gasteiger partial charge in [-0.05, 0) is 29.8 Å². The minimum Gasteiger partial charge on any atom is -0.507 e. The van der Waals surface area contributed by atoms with Crippen molar-refractivity contribution in [1.29, 1.82) is 5.26 Å². The van der Waals surface area contributed by atoms with Crippen LogP contribution < -0.4 is 0 Å². The van der Waals surface area contributed by atoms with Crippen LogP contribution in [0.3, 0.4) is 0 Å². The normalized spacial score (nSPS) is 11.1. The molecular formula is C16H13NO3. The summed E-state index contributed by atoms with van der Waals surface area (Å²) in [5, 5.41) is 20.7. The van der Waals surface area contributed by atoms with Crippen molar-refractivity contribution in [2.24, 2.45) is 0 Å². The van der Waals surface area contributed by atoms with Crippen molar-refractivity contribution in [2.75, 3.05) is 6.61 Å². The molecule has 1 N–H and O–H groups in total. The standard InChI is InChI=1S/C16H13NO3/c1-2-20-16(19)12(10-17)9-14-13-6-4-3-5-11(13)7-8-15(14)18/h3-9,18H,2H2,1H3. The van der Waals surface area contributed by atoms with E-state index in [0.717, 1.165) is 10.8 Å². The molecule has 2 aromatic carbocycles. The van der Waals surface area contributed by atoms with Gasteiger partial charge in [-0.1, -0.05) is 30.3 Å². The molecule has 0 aromatic heterocycles. The molecule has 0 heterocycles. The number of rotatable bonds is 3. The number of aromatic hydroxyl groups is 1. The van der Waals surface area contributed by atoms with Gasteiger partial charge in [0.25, 0.3) is 0 Å². The van der Waals surface area contributed by atoms with Crippen LogP contribution >= 0.6 is 0 Å². The average Bonchev–Trinajstić information content (AvgIpc) is 2.46. The van der Waals surface area contributed by atoms with Crippen LogP contribution in [0.1, 0.15) is 12.5 Å². The van der Waals surface area contributed by atoms with Crippen molar-refractivity contribution in [2.45, 2.75) is 6.92 Å². The SMILES string of the molecule is CCOC(=O)C(C#N)=Cc1c(O)ccc2ccccc12. The van der Waals surface area contributed by atoms with Gasteiger partial charge in [-0.15, -0.1) is 0 Å². The molecule has 0 bridgehead atoms. The van der Waals surface area contributed by atoms with Crippen molar-refractivity contribution in [3.63, 3.8) is 0 Å². The molecule has 0 aliphatic carbocycles. The molecule has 0 saturated heterocycles. The molecule has 20 heavy (non-hydrogen) atoms. The van der Waals surface area contributed by atoms with Crippen LogP contribution in [-0.2, 0) is 9.53 Å². The maximum absolute atomic E-state index is 11.6. The Morgan fingerprint density at radius 2 is 2.10 bits per heavy atom. The quantitative estimate of drug-likeness (QED) is 0.527. The third-order valence-electron chi connectivity index (χ3n) is 2.85. The van der Waals surface area contributed by atoms with Gasteiger partial charge in [0.1, 0.15) is 17.4 Å². The van der Waals surface area contributed by atoms with Gasteiger partial charge in [-0.3, -0.25) is 0 Å². The largest absolute Gasteiger partial charge is 0.507 e. The smallest absolute Gasteiger partial charge is 0.348 e. The lowest BCUT2D eigenvalue weighted by atomic mass is 10.0. The predicted molar refractivity (Wildman–Crippen MR) is 75.8 cm³/mol. The van der Waals surface area contributed by atoms with E-state index >= 15 is 0 Å². The summed E-state index contributed by atoms with van der Waals surface area (Å²) in [6.07, 6.45) is 1.36. The molecule has 4 heteroatoms. The zero-order chi connectivity index (χ0) is 14.5. The molecule has 0 saturated carbocycles. The maximum Gasteiger partial charge on any atom is 0.348 e. The van der Waals surface area contributed by atoms with Crippen molar-refractivity contribution in [3.8, 4) is 11.8 Å². The number of phenolic OH excluding ortho intramolecular Hbond substituents is 1.